The van der Waals surface area contributed by atoms with Crippen LogP contribution >= 0.6 is 11.6 Å². The molecule has 0 saturated carbocycles. The molecule has 102 valence electrons. The summed E-state index contributed by atoms with van der Waals surface area (Å²) in [6.07, 6.45) is -6.01. The second-order valence-electron chi connectivity index (χ2n) is 3.44. The van der Waals surface area contributed by atoms with E-state index in [0.29, 0.717) is 0 Å². The molecular weight excluding hydrogens is 287 g/mol. The van der Waals surface area contributed by atoms with Gasteiger partial charge in [-0.05, 0) is 19.1 Å². The van der Waals surface area contributed by atoms with E-state index in [9.17, 15) is 18.0 Å². The van der Waals surface area contributed by atoms with E-state index in [1.807, 2.05) is 0 Å². The summed E-state index contributed by atoms with van der Waals surface area (Å²) >= 11 is 5.61. The maximum absolute atomic E-state index is 12.8. The topological polar surface area (TPSA) is 57.0 Å². The molecule has 0 bridgehead atoms. The first kappa shape index (κ1) is 13.6. The zero-order chi connectivity index (χ0) is 14.2. The Bertz CT molecular complexity index is 639. The number of halogens is 4. The monoisotopic (exact) mass is 293 g/mol. The summed E-state index contributed by atoms with van der Waals surface area (Å²) in [5.41, 5.74) is -0.386. The molecule has 2 aromatic rings. The van der Waals surface area contributed by atoms with Crippen LogP contribution in [0.1, 0.15) is 12.7 Å². The number of carbonyl (C=O) groups excluding carboxylic acids is 1. The van der Waals surface area contributed by atoms with Crippen molar-refractivity contribution in [2.45, 2.75) is 13.1 Å². The first-order chi connectivity index (χ1) is 8.84. The molecule has 0 aromatic carbocycles. The largest absolute Gasteiger partial charge is 0.450 e. The molecule has 0 aliphatic heterocycles. The van der Waals surface area contributed by atoms with Crippen LogP contribution in [0.2, 0.25) is 5.15 Å². The van der Waals surface area contributed by atoms with E-state index in [-0.39, 0.29) is 27.5 Å². The van der Waals surface area contributed by atoms with Crippen LogP contribution in [0.25, 0.3) is 11.2 Å². The van der Waals surface area contributed by atoms with Crippen molar-refractivity contribution < 1.29 is 22.7 Å². The van der Waals surface area contributed by atoms with Gasteiger partial charge in [-0.1, -0.05) is 11.6 Å². The van der Waals surface area contributed by atoms with Gasteiger partial charge in [0.15, 0.2) is 5.65 Å². The van der Waals surface area contributed by atoms with E-state index < -0.39 is 18.1 Å². The predicted molar refractivity (Wildman–Crippen MR) is 60.0 cm³/mol. The number of hydrogen-bond donors (Lipinski definition) is 0. The van der Waals surface area contributed by atoms with Gasteiger partial charge in [-0.25, -0.2) is 19.3 Å². The molecule has 19 heavy (non-hydrogen) atoms. The van der Waals surface area contributed by atoms with Crippen molar-refractivity contribution in [3.63, 3.8) is 0 Å². The van der Waals surface area contributed by atoms with Gasteiger partial charge < -0.3 is 4.74 Å². The van der Waals surface area contributed by atoms with Crippen LogP contribution in [0.15, 0.2) is 12.1 Å². The van der Waals surface area contributed by atoms with Crippen molar-refractivity contribution in [1.82, 2.24) is 14.5 Å². The minimum absolute atomic E-state index is 0.0494. The minimum atomic E-state index is -4.81. The van der Waals surface area contributed by atoms with Crippen LogP contribution in [0, 0.1) is 0 Å². The number of aromatic nitrogens is 3. The number of imidazole rings is 1. The SMILES string of the molecule is CCOC(=O)n1c(C(F)(F)F)nc2ccc(Cl)nc21. The predicted octanol–water partition coefficient (Wildman–Crippen LogP) is 3.11. The van der Waals surface area contributed by atoms with Crippen molar-refractivity contribution in [2.75, 3.05) is 6.61 Å². The Kier molecular flexibility index (Phi) is 3.36. The number of carbonyl (C=O) groups is 1. The van der Waals surface area contributed by atoms with Crippen molar-refractivity contribution >= 4 is 28.9 Å². The summed E-state index contributed by atoms with van der Waals surface area (Å²) in [5, 5.41) is -0.0494. The molecule has 0 aliphatic carbocycles. The van der Waals surface area contributed by atoms with E-state index in [4.69, 9.17) is 11.6 Å². The van der Waals surface area contributed by atoms with Crippen LogP contribution in [0.5, 0.6) is 0 Å². The van der Waals surface area contributed by atoms with E-state index >= 15 is 0 Å². The first-order valence-electron chi connectivity index (χ1n) is 5.14. The Morgan fingerprint density at radius 3 is 2.68 bits per heavy atom. The highest BCUT2D eigenvalue weighted by Crippen LogP contribution is 2.31. The lowest BCUT2D eigenvalue weighted by Crippen LogP contribution is -2.22. The summed E-state index contributed by atoms with van der Waals surface area (Å²) in [6.45, 7) is 1.40. The van der Waals surface area contributed by atoms with Gasteiger partial charge in [0.2, 0.25) is 5.82 Å². The van der Waals surface area contributed by atoms with Crippen molar-refractivity contribution in [1.29, 1.82) is 0 Å². The number of hydrogen-bond acceptors (Lipinski definition) is 4. The van der Waals surface area contributed by atoms with Gasteiger partial charge in [0.05, 0.1) is 6.61 Å². The van der Waals surface area contributed by atoms with E-state index in [1.54, 1.807) is 0 Å². The molecule has 0 unspecified atom stereocenters. The summed E-state index contributed by atoms with van der Waals surface area (Å²) in [5.74, 6) is -1.39. The highest BCUT2D eigenvalue weighted by molar-refractivity contribution is 6.29. The van der Waals surface area contributed by atoms with Gasteiger partial charge in [-0.15, -0.1) is 0 Å². The number of alkyl halides is 3. The molecule has 0 radical (unpaired) electrons. The molecule has 0 spiro atoms. The molecule has 0 aliphatic rings. The third-order valence-corrected chi connectivity index (χ3v) is 2.38. The Hall–Kier alpha value is -1.83. The maximum Gasteiger partial charge on any atom is 0.450 e. The zero-order valence-electron chi connectivity index (χ0n) is 9.53. The molecular formula is C10H7ClF3N3O2. The van der Waals surface area contributed by atoms with Crippen LogP contribution in [0.4, 0.5) is 18.0 Å². The maximum atomic E-state index is 12.8. The molecule has 2 heterocycles. The van der Waals surface area contributed by atoms with E-state index in [2.05, 4.69) is 14.7 Å². The summed E-state index contributed by atoms with van der Waals surface area (Å²) in [7, 11) is 0. The van der Waals surface area contributed by atoms with Gasteiger partial charge in [0.1, 0.15) is 10.7 Å². The fraction of sp³-hybridized carbons (Fsp3) is 0.300. The molecule has 0 atom stereocenters. The van der Waals surface area contributed by atoms with Crippen LogP contribution < -0.4 is 0 Å². The lowest BCUT2D eigenvalue weighted by Gasteiger charge is -2.09. The van der Waals surface area contributed by atoms with Crippen molar-refractivity contribution in [3.8, 4) is 0 Å². The van der Waals surface area contributed by atoms with Gasteiger partial charge in [-0.3, -0.25) is 0 Å². The van der Waals surface area contributed by atoms with Crippen LogP contribution in [-0.4, -0.2) is 27.2 Å². The molecule has 0 fully saturated rings. The molecule has 2 rings (SSSR count). The first-order valence-corrected chi connectivity index (χ1v) is 5.51. The number of rotatable bonds is 1. The second-order valence-corrected chi connectivity index (χ2v) is 3.83. The molecule has 0 amide bonds. The fourth-order valence-corrected chi connectivity index (χ4v) is 1.63. The fourth-order valence-electron chi connectivity index (χ4n) is 1.49. The lowest BCUT2D eigenvalue weighted by atomic mass is 10.4. The average molecular weight is 294 g/mol. The third kappa shape index (κ3) is 2.48. The number of pyridine rings is 1. The van der Waals surface area contributed by atoms with E-state index in [1.165, 1.54) is 19.1 Å². The summed E-state index contributed by atoms with van der Waals surface area (Å²) in [4.78, 5) is 18.6. The molecule has 2 aromatic heterocycles. The zero-order valence-corrected chi connectivity index (χ0v) is 10.3. The molecule has 0 N–H and O–H groups in total. The third-order valence-electron chi connectivity index (χ3n) is 2.17. The Morgan fingerprint density at radius 2 is 2.11 bits per heavy atom. The highest BCUT2D eigenvalue weighted by atomic mass is 35.5. The quantitative estimate of drug-likeness (QED) is 0.758. The lowest BCUT2D eigenvalue weighted by molar-refractivity contribution is -0.146. The Morgan fingerprint density at radius 1 is 1.42 bits per heavy atom. The van der Waals surface area contributed by atoms with Crippen molar-refractivity contribution in [3.05, 3.63) is 23.1 Å². The molecule has 5 nitrogen and oxygen atoms in total. The summed E-state index contributed by atoms with van der Waals surface area (Å²) in [6, 6.07) is 2.53. The standard InChI is InChI=1S/C10H7ClF3N3O2/c1-2-19-9(18)17-7-5(3-4-6(11)16-7)15-8(17)10(12,13)14/h3-4H,2H2,1H3. The van der Waals surface area contributed by atoms with Crippen molar-refractivity contribution in [2.24, 2.45) is 0 Å². The van der Waals surface area contributed by atoms with Gasteiger partial charge in [0.25, 0.3) is 0 Å². The average Bonchev–Trinajstić information content (AvgIpc) is 2.67. The van der Waals surface area contributed by atoms with Gasteiger partial charge in [0, 0.05) is 0 Å². The highest BCUT2D eigenvalue weighted by Gasteiger charge is 2.40. The second kappa shape index (κ2) is 4.69. The molecule has 9 heteroatoms. The summed E-state index contributed by atoms with van der Waals surface area (Å²) < 4.78 is 43.3. The Balaban J connectivity index is 2.74. The minimum Gasteiger partial charge on any atom is -0.449 e. The van der Waals surface area contributed by atoms with Gasteiger partial charge in [-0.2, -0.15) is 13.2 Å². The number of fused-ring (bicyclic) bond motifs is 1. The Labute approximate surface area is 110 Å². The van der Waals surface area contributed by atoms with Crippen LogP contribution in [-0.2, 0) is 10.9 Å². The van der Waals surface area contributed by atoms with E-state index in [0.717, 1.165) is 0 Å². The smallest absolute Gasteiger partial charge is 0.449 e. The normalized spacial score (nSPS) is 11.8. The van der Waals surface area contributed by atoms with Crippen LogP contribution in [0.3, 0.4) is 0 Å². The van der Waals surface area contributed by atoms with Gasteiger partial charge >= 0.3 is 12.3 Å². The number of nitrogens with zero attached hydrogens (tertiary/aromatic N) is 3. The molecule has 0 saturated heterocycles. The number of ether oxygens (including phenoxy) is 1.